The van der Waals surface area contributed by atoms with Crippen LogP contribution >= 0.6 is 11.6 Å². The molecule has 0 fully saturated rings. The number of fused-ring (bicyclic) bond motifs is 1. The summed E-state index contributed by atoms with van der Waals surface area (Å²) in [6, 6.07) is 13.1. The van der Waals surface area contributed by atoms with Crippen molar-refractivity contribution in [1.82, 2.24) is 9.55 Å². The maximum Gasteiger partial charge on any atom is 0.115 e. The fourth-order valence-electron chi connectivity index (χ4n) is 2.49. The van der Waals surface area contributed by atoms with Crippen LogP contribution in [0.5, 0.6) is 5.75 Å². The quantitative estimate of drug-likeness (QED) is 0.790. The van der Waals surface area contributed by atoms with Gasteiger partial charge in [-0.2, -0.15) is 0 Å². The largest absolute Gasteiger partial charge is 0.508 e. The van der Waals surface area contributed by atoms with E-state index in [0.29, 0.717) is 11.4 Å². The SMILES string of the molecule is CCn1c(Cc2cccc(O)c2)nc2cc(Cl)ccc21. The second-order valence-corrected chi connectivity index (χ2v) is 5.19. The summed E-state index contributed by atoms with van der Waals surface area (Å²) in [7, 11) is 0. The summed E-state index contributed by atoms with van der Waals surface area (Å²) < 4.78 is 2.18. The summed E-state index contributed by atoms with van der Waals surface area (Å²) in [4.78, 5) is 4.67. The first-order chi connectivity index (χ1) is 9.67. The molecule has 102 valence electrons. The summed E-state index contributed by atoms with van der Waals surface area (Å²) in [6.07, 6.45) is 0.689. The summed E-state index contributed by atoms with van der Waals surface area (Å²) in [6.45, 7) is 2.95. The maximum absolute atomic E-state index is 9.55. The van der Waals surface area contributed by atoms with Gasteiger partial charge in [0.25, 0.3) is 0 Å². The van der Waals surface area contributed by atoms with Crippen LogP contribution in [0.1, 0.15) is 18.3 Å². The Hall–Kier alpha value is -2.00. The Morgan fingerprint density at radius 1 is 1.20 bits per heavy atom. The molecule has 1 N–H and O–H groups in total. The molecule has 20 heavy (non-hydrogen) atoms. The molecule has 0 aliphatic carbocycles. The summed E-state index contributed by atoms with van der Waals surface area (Å²) >= 11 is 6.02. The number of benzene rings is 2. The van der Waals surface area contributed by atoms with E-state index >= 15 is 0 Å². The number of hydrogen-bond acceptors (Lipinski definition) is 2. The zero-order valence-corrected chi connectivity index (χ0v) is 11.9. The van der Waals surface area contributed by atoms with Crippen molar-refractivity contribution in [2.24, 2.45) is 0 Å². The van der Waals surface area contributed by atoms with Crippen LogP contribution in [0.2, 0.25) is 5.02 Å². The van der Waals surface area contributed by atoms with Gasteiger partial charge in [-0.3, -0.25) is 0 Å². The van der Waals surface area contributed by atoms with Crippen molar-refractivity contribution in [3.05, 3.63) is 58.9 Å². The molecule has 3 nitrogen and oxygen atoms in total. The van der Waals surface area contributed by atoms with E-state index in [1.54, 1.807) is 12.1 Å². The van der Waals surface area contributed by atoms with E-state index < -0.39 is 0 Å². The Labute approximate surface area is 122 Å². The third-order valence-electron chi connectivity index (χ3n) is 3.38. The van der Waals surface area contributed by atoms with Crippen LogP contribution in [0.3, 0.4) is 0 Å². The highest BCUT2D eigenvalue weighted by molar-refractivity contribution is 6.31. The minimum Gasteiger partial charge on any atom is -0.508 e. The Balaban J connectivity index is 2.06. The highest BCUT2D eigenvalue weighted by Crippen LogP contribution is 2.22. The Bertz CT molecular complexity index is 764. The molecule has 0 aliphatic heterocycles. The van der Waals surface area contributed by atoms with Crippen molar-refractivity contribution >= 4 is 22.6 Å². The number of imidazole rings is 1. The van der Waals surface area contributed by atoms with Gasteiger partial charge >= 0.3 is 0 Å². The van der Waals surface area contributed by atoms with E-state index in [4.69, 9.17) is 11.6 Å². The third-order valence-corrected chi connectivity index (χ3v) is 3.61. The first-order valence-electron chi connectivity index (χ1n) is 6.60. The van der Waals surface area contributed by atoms with E-state index in [1.807, 2.05) is 30.3 Å². The molecule has 3 aromatic rings. The van der Waals surface area contributed by atoms with Gasteiger partial charge in [0.15, 0.2) is 0 Å². The van der Waals surface area contributed by atoms with Crippen LogP contribution in [0.4, 0.5) is 0 Å². The topological polar surface area (TPSA) is 38.0 Å². The minimum atomic E-state index is 0.282. The average molecular weight is 287 g/mol. The molecule has 0 aliphatic rings. The Morgan fingerprint density at radius 3 is 2.80 bits per heavy atom. The van der Waals surface area contributed by atoms with Gasteiger partial charge in [0, 0.05) is 18.0 Å². The number of phenolic OH excluding ortho intramolecular Hbond substituents is 1. The number of aromatic nitrogens is 2. The van der Waals surface area contributed by atoms with E-state index in [9.17, 15) is 5.11 Å². The summed E-state index contributed by atoms with van der Waals surface area (Å²) in [5.41, 5.74) is 3.04. The predicted molar refractivity (Wildman–Crippen MR) is 81.3 cm³/mol. The molecule has 0 bridgehead atoms. The summed E-state index contributed by atoms with van der Waals surface area (Å²) in [5, 5.41) is 10.2. The molecular formula is C16H15ClN2O. The van der Waals surface area contributed by atoms with Crippen LogP contribution in [0.15, 0.2) is 42.5 Å². The molecule has 0 saturated heterocycles. The minimum absolute atomic E-state index is 0.282. The lowest BCUT2D eigenvalue weighted by molar-refractivity contribution is 0.474. The molecule has 0 radical (unpaired) electrons. The van der Waals surface area contributed by atoms with Crippen molar-refractivity contribution in [3.63, 3.8) is 0 Å². The molecule has 4 heteroatoms. The average Bonchev–Trinajstić information content (AvgIpc) is 2.74. The molecule has 0 saturated carbocycles. The normalized spacial score (nSPS) is 11.1. The second kappa shape index (κ2) is 5.17. The number of aryl methyl sites for hydroxylation is 1. The number of aromatic hydroxyl groups is 1. The van der Waals surface area contributed by atoms with Crippen LogP contribution in [-0.4, -0.2) is 14.7 Å². The van der Waals surface area contributed by atoms with Gasteiger partial charge in [-0.05, 0) is 42.8 Å². The number of rotatable bonds is 3. The van der Waals surface area contributed by atoms with E-state index in [0.717, 1.165) is 29.0 Å². The zero-order valence-electron chi connectivity index (χ0n) is 11.2. The summed E-state index contributed by atoms with van der Waals surface area (Å²) in [5.74, 6) is 1.26. The Kier molecular flexibility index (Phi) is 3.36. The number of hydrogen-bond donors (Lipinski definition) is 1. The monoisotopic (exact) mass is 286 g/mol. The number of phenols is 1. The van der Waals surface area contributed by atoms with Gasteiger partial charge in [0.05, 0.1) is 11.0 Å². The van der Waals surface area contributed by atoms with Gasteiger partial charge in [0.2, 0.25) is 0 Å². The van der Waals surface area contributed by atoms with Crippen molar-refractivity contribution in [1.29, 1.82) is 0 Å². The number of halogens is 1. The van der Waals surface area contributed by atoms with E-state index in [2.05, 4.69) is 16.5 Å². The molecule has 1 aromatic heterocycles. The molecule has 3 rings (SSSR count). The van der Waals surface area contributed by atoms with Crippen molar-refractivity contribution in [2.75, 3.05) is 0 Å². The van der Waals surface area contributed by atoms with Gasteiger partial charge in [0.1, 0.15) is 11.6 Å². The molecule has 0 unspecified atom stereocenters. The standard InChI is InChI=1S/C16H15ClN2O/c1-2-19-15-7-6-12(17)10-14(15)18-16(19)9-11-4-3-5-13(20)8-11/h3-8,10,20H,2,9H2,1H3. The van der Waals surface area contributed by atoms with Gasteiger partial charge in [-0.15, -0.1) is 0 Å². The first-order valence-corrected chi connectivity index (χ1v) is 6.97. The third kappa shape index (κ3) is 2.37. The van der Waals surface area contributed by atoms with E-state index in [1.165, 1.54) is 0 Å². The van der Waals surface area contributed by atoms with E-state index in [-0.39, 0.29) is 5.75 Å². The smallest absolute Gasteiger partial charge is 0.115 e. The first kappa shape index (κ1) is 13.0. The van der Waals surface area contributed by atoms with Crippen molar-refractivity contribution < 1.29 is 5.11 Å². The molecule has 1 heterocycles. The highest BCUT2D eigenvalue weighted by Gasteiger charge is 2.10. The lowest BCUT2D eigenvalue weighted by Crippen LogP contribution is -2.02. The van der Waals surface area contributed by atoms with Crippen LogP contribution in [-0.2, 0) is 13.0 Å². The number of nitrogens with zero attached hydrogens (tertiary/aromatic N) is 2. The Morgan fingerprint density at radius 2 is 2.05 bits per heavy atom. The van der Waals surface area contributed by atoms with Crippen molar-refractivity contribution in [2.45, 2.75) is 19.9 Å². The van der Waals surface area contributed by atoms with Crippen molar-refractivity contribution in [3.8, 4) is 5.75 Å². The zero-order chi connectivity index (χ0) is 14.1. The molecule has 2 aromatic carbocycles. The molecule has 0 atom stereocenters. The fraction of sp³-hybridized carbons (Fsp3) is 0.188. The maximum atomic E-state index is 9.55. The van der Waals surface area contributed by atoms with Crippen LogP contribution < -0.4 is 0 Å². The molecule has 0 amide bonds. The van der Waals surface area contributed by atoms with Gasteiger partial charge in [-0.1, -0.05) is 23.7 Å². The van der Waals surface area contributed by atoms with Crippen LogP contribution in [0.25, 0.3) is 11.0 Å². The molecule has 0 spiro atoms. The lowest BCUT2D eigenvalue weighted by Gasteiger charge is -2.06. The molecular weight excluding hydrogens is 272 g/mol. The second-order valence-electron chi connectivity index (χ2n) is 4.75. The van der Waals surface area contributed by atoms with Gasteiger partial charge < -0.3 is 9.67 Å². The predicted octanol–water partition coefficient (Wildman–Crippen LogP) is 4.01. The lowest BCUT2D eigenvalue weighted by atomic mass is 10.1. The highest BCUT2D eigenvalue weighted by atomic mass is 35.5. The fourth-order valence-corrected chi connectivity index (χ4v) is 2.66. The van der Waals surface area contributed by atoms with Crippen LogP contribution in [0, 0.1) is 0 Å². The van der Waals surface area contributed by atoms with Gasteiger partial charge in [-0.25, -0.2) is 4.98 Å².